The first kappa shape index (κ1) is 30.0. The number of amides is 1. The number of carbonyl (C=O) groups is 1. The molecule has 2 atom stereocenters. The number of carbonyl (C=O) groups excluding carboxylic acids is 1. The zero-order chi connectivity index (χ0) is 30.0. The van der Waals surface area contributed by atoms with Gasteiger partial charge in [0.15, 0.2) is 5.13 Å². The molecule has 1 N–H and O–H groups in total. The quantitative estimate of drug-likeness (QED) is 0.225. The van der Waals surface area contributed by atoms with Gasteiger partial charge in [-0.2, -0.15) is 4.31 Å². The van der Waals surface area contributed by atoms with E-state index in [4.69, 9.17) is 9.47 Å². The van der Waals surface area contributed by atoms with Crippen LogP contribution < -0.4 is 10.1 Å². The first-order valence-corrected chi connectivity index (χ1v) is 17.3. The molecule has 0 aliphatic carbocycles. The highest BCUT2D eigenvalue weighted by atomic mass is 32.2. The fourth-order valence-electron chi connectivity index (χ4n) is 6.01. The zero-order valence-corrected chi connectivity index (χ0v) is 26.3. The van der Waals surface area contributed by atoms with E-state index in [2.05, 4.69) is 15.2 Å². The summed E-state index contributed by atoms with van der Waals surface area (Å²) in [4.78, 5) is 20.8. The Hall–Kier alpha value is -3.09. The fourth-order valence-corrected chi connectivity index (χ4v) is 8.89. The van der Waals surface area contributed by atoms with Crippen molar-refractivity contribution in [2.24, 2.45) is 0 Å². The molecule has 0 saturated carbocycles. The number of aromatic nitrogens is 1. The SMILES string of the molecule is C[C@@H]1CC[C@H](C)N1S(=O)(=O)c1ccc2nc(NC(=O)c3cc4ccccc4cc3OCCCCN3CCOCC3)sc2c1. The molecule has 11 heteroatoms. The van der Waals surface area contributed by atoms with Crippen LogP contribution in [0.25, 0.3) is 21.0 Å². The van der Waals surface area contributed by atoms with Crippen LogP contribution in [0, 0.1) is 0 Å². The summed E-state index contributed by atoms with van der Waals surface area (Å²) in [5, 5.41) is 5.28. The molecule has 0 bridgehead atoms. The molecular weight excluding hydrogens is 585 g/mol. The van der Waals surface area contributed by atoms with Gasteiger partial charge in [-0.25, -0.2) is 13.4 Å². The third-order valence-electron chi connectivity index (χ3n) is 8.35. The van der Waals surface area contributed by atoms with E-state index in [9.17, 15) is 13.2 Å². The number of thiazole rings is 1. The summed E-state index contributed by atoms with van der Waals surface area (Å²) in [6, 6.07) is 16.6. The minimum Gasteiger partial charge on any atom is -0.493 e. The van der Waals surface area contributed by atoms with E-state index in [1.165, 1.54) is 11.3 Å². The Morgan fingerprint density at radius 3 is 2.49 bits per heavy atom. The van der Waals surface area contributed by atoms with Gasteiger partial charge in [0.1, 0.15) is 5.75 Å². The molecular formula is C32H38N4O5S2. The Morgan fingerprint density at radius 2 is 1.74 bits per heavy atom. The standard InChI is InChI=1S/C32H38N4O5S2/c1-22-9-10-23(2)36(22)43(38,39)26-11-12-28-30(21-26)42-32(33-28)34-31(37)27-19-24-7-3-4-8-25(24)20-29(27)41-16-6-5-13-35-14-17-40-18-15-35/h3-4,7-8,11-12,19-23H,5-6,9-10,13-18H2,1-2H3,(H,33,34,37)/t22-,23+. The van der Waals surface area contributed by atoms with Gasteiger partial charge in [0, 0.05) is 25.2 Å². The van der Waals surface area contributed by atoms with Crippen molar-refractivity contribution in [1.82, 2.24) is 14.2 Å². The van der Waals surface area contributed by atoms with Crippen molar-refractivity contribution in [1.29, 1.82) is 0 Å². The number of ether oxygens (including phenoxy) is 2. The van der Waals surface area contributed by atoms with Crippen molar-refractivity contribution in [2.75, 3.05) is 44.8 Å². The summed E-state index contributed by atoms with van der Waals surface area (Å²) in [6.07, 6.45) is 3.60. The van der Waals surface area contributed by atoms with E-state index >= 15 is 0 Å². The molecule has 6 rings (SSSR count). The number of benzene rings is 3. The molecule has 2 aliphatic rings. The highest BCUT2D eigenvalue weighted by Gasteiger charge is 2.37. The Bertz CT molecular complexity index is 1710. The largest absolute Gasteiger partial charge is 0.493 e. The molecule has 43 heavy (non-hydrogen) atoms. The highest BCUT2D eigenvalue weighted by molar-refractivity contribution is 7.89. The van der Waals surface area contributed by atoms with Crippen LogP contribution in [0.2, 0.25) is 0 Å². The number of sulfonamides is 1. The molecule has 0 spiro atoms. The number of fused-ring (bicyclic) bond motifs is 2. The van der Waals surface area contributed by atoms with Gasteiger partial charge in [0.2, 0.25) is 10.0 Å². The average Bonchev–Trinajstić information content (AvgIpc) is 3.57. The number of rotatable bonds is 10. The number of nitrogens with one attached hydrogen (secondary N) is 1. The van der Waals surface area contributed by atoms with Crippen molar-refractivity contribution in [3.05, 3.63) is 60.2 Å². The van der Waals surface area contributed by atoms with Gasteiger partial charge in [0.05, 0.1) is 40.5 Å². The number of morpholine rings is 1. The first-order valence-electron chi connectivity index (χ1n) is 15.0. The Morgan fingerprint density at radius 1 is 1.02 bits per heavy atom. The Labute approximate surface area is 256 Å². The summed E-state index contributed by atoms with van der Waals surface area (Å²) in [5.41, 5.74) is 1.07. The second kappa shape index (κ2) is 12.9. The third kappa shape index (κ3) is 6.56. The normalized spacial score (nSPS) is 20.1. The van der Waals surface area contributed by atoms with Crippen molar-refractivity contribution < 1.29 is 22.7 Å². The van der Waals surface area contributed by atoms with Crippen LogP contribution in [-0.2, 0) is 14.8 Å². The first-order chi connectivity index (χ1) is 20.8. The number of nitrogens with zero attached hydrogens (tertiary/aromatic N) is 3. The summed E-state index contributed by atoms with van der Waals surface area (Å²) in [5.74, 6) is 0.214. The van der Waals surface area contributed by atoms with Crippen molar-refractivity contribution in [3.8, 4) is 5.75 Å². The van der Waals surface area contributed by atoms with E-state index in [1.54, 1.807) is 22.5 Å². The lowest BCUT2D eigenvalue weighted by Gasteiger charge is -2.26. The summed E-state index contributed by atoms with van der Waals surface area (Å²) in [6.45, 7) is 8.94. The summed E-state index contributed by atoms with van der Waals surface area (Å²) in [7, 11) is -3.63. The number of hydrogen-bond donors (Lipinski definition) is 1. The maximum atomic E-state index is 13.6. The molecule has 0 unspecified atom stereocenters. The molecule has 3 heterocycles. The van der Waals surface area contributed by atoms with Crippen LogP contribution in [-0.4, -0.2) is 80.1 Å². The Balaban J connectivity index is 1.18. The van der Waals surface area contributed by atoms with Gasteiger partial charge in [0.25, 0.3) is 5.91 Å². The maximum Gasteiger partial charge on any atom is 0.261 e. The van der Waals surface area contributed by atoms with Crippen molar-refractivity contribution in [3.63, 3.8) is 0 Å². The Kier molecular flexibility index (Phi) is 8.97. The molecule has 9 nitrogen and oxygen atoms in total. The fraction of sp³-hybridized carbons (Fsp3) is 0.438. The number of anilines is 1. The topological polar surface area (TPSA) is 101 Å². The number of unbranched alkanes of at least 4 members (excludes halogenated alkanes) is 1. The van der Waals surface area contributed by atoms with E-state index in [0.717, 1.165) is 69.3 Å². The van der Waals surface area contributed by atoms with E-state index < -0.39 is 10.0 Å². The minimum atomic E-state index is -3.63. The molecule has 0 radical (unpaired) electrons. The van der Waals surface area contributed by atoms with Crippen LogP contribution >= 0.6 is 11.3 Å². The second-order valence-corrected chi connectivity index (χ2v) is 14.3. The molecule has 3 aromatic carbocycles. The molecule has 2 fully saturated rings. The molecule has 2 saturated heterocycles. The maximum absolute atomic E-state index is 13.6. The van der Waals surface area contributed by atoms with Crippen LogP contribution in [0.15, 0.2) is 59.5 Å². The molecule has 4 aromatic rings. The summed E-state index contributed by atoms with van der Waals surface area (Å²) >= 11 is 1.26. The highest BCUT2D eigenvalue weighted by Crippen LogP contribution is 2.34. The summed E-state index contributed by atoms with van der Waals surface area (Å²) < 4.78 is 40.8. The van der Waals surface area contributed by atoms with Gasteiger partial charge in [-0.1, -0.05) is 35.6 Å². The smallest absolute Gasteiger partial charge is 0.261 e. The van der Waals surface area contributed by atoms with Gasteiger partial charge < -0.3 is 9.47 Å². The van der Waals surface area contributed by atoms with E-state index in [1.807, 2.05) is 50.2 Å². The lowest BCUT2D eigenvalue weighted by molar-refractivity contribution is 0.0368. The molecule has 228 valence electrons. The molecule has 1 amide bonds. The molecule has 1 aromatic heterocycles. The predicted molar refractivity (Wildman–Crippen MR) is 171 cm³/mol. The van der Waals surface area contributed by atoms with E-state index in [-0.39, 0.29) is 22.9 Å². The number of hydrogen-bond acceptors (Lipinski definition) is 8. The van der Waals surface area contributed by atoms with Gasteiger partial charge >= 0.3 is 0 Å². The monoisotopic (exact) mass is 622 g/mol. The minimum absolute atomic E-state index is 0.0323. The second-order valence-electron chi connectivity index (χ2n) is 11.4. The van der Waals surface area contributed by atoms with Gasteiger partial charge in [-0.05, 0) is 87.2 Å². The van der Waals surface area contributed by atoms with Crippen LogP contribution in [0.1, 0.15) is 49.9 Å². The predicted octanol–water partition coefficient (Wildman–Crippen LogP) is 5.75. The van der Waals surface area contributed by atoms with E-state index in [0.29, 0.717) is 33.3 Å². The lowest BCUT2D eigenvalue weighted by Crippen LogP contribution is -2.38. The average molecular weight is 623 g/mol. The van der Waals surface area contributed by atoms with Crippen LogP contribution in [0.4, 0.5) is 5.13 Å². The van der Waals surface area contributed by atoms with Crippen molar-refractivity contribution in [2.45, 2.75) is 56.5 Å². The van der Waals surface area contributed by atoms with Gasteiger partial charge in [-0.3, -0.25) is 15.0 Å². The van der Waals surface area contributed by atoms with Crippen LogP contribution in [0.3, 0.4) is 0 Å². The lowest BCUT2D eigenvalue weighted by atomic mass is 10.1. The van der Waals surface area contributed by atoms with Crippen molar-refractivity contribution >= 4 is 53.4 Å². The van der Waals surface area contributed by atoms with Gasteiger partial charge in [-0.15, -0.1) is 0 Å². The molecule has 2 aliphatic heterocycles. The van der Waals surface area contributed by atoms with Crippen LogP contribution in [0.5, 0.6) is 5.75 Å². The third-order valence-corrected chi connectivity index (χ3v) is 11.4. The zero-order valence-electron chi connectivity index (χ0n) is 24.6.